The smallest absolute Gasteiger partial charge is 0.260 e. The maximum absolute atomic E-state index is 14.1. The largest absolute Gasteiger partial charge is 0.522 e. The van der Waals surface area contributed by atoms with Crippen molar-refractivity contribution in [2.75, 3.05) is 52.2 Å². The zero-order chi connectivity index (χ0) is 40.8. The first-order valence-corrected chi connectivity index (χ1v) is 21.8. The van der Waals surface area contributed by atoms with Crippen LogP contribution in [0.5, 0.6) is 17.2 Å². The van der Waals surface area contributed by atoms with E-state index in [-0.39, 0.29) is 56.6 Å². The van der Waals surface area contributed by atoms with Gasteiger partial charge in [-0.1, -0.05) is 68.4 Å². The maximum Gasteiger partial charge on any atom is 0.260 e. The molecule has 4 aliphatic heterocycles. The van der Waals surface area contributed by atoms with Crippen LogP contribution < -0.4 is 34.2 Å². The van der Waals surface area contributed by atoms with Crippen LogP contribution in [0.15, 0.2) is 91.0 Å². The number of thioether (sulfide) groups is 1. The summed E-state index contributed by atoms with van der Waals surface area (Å²) in [5.74, 6) is 4.59. The van der Waals surface area contributed by atoms with Gasteiger partial charge in [-0.25, -0.2) is 6.54 Å². The minimum Gasteiger partial charge on any atom is -0.522 e. The molecule has 2 amide bonds. The fraction of sp³-hybridized carbons (Fsp3) is 0.327. The molecule has 11 heteroatoms. The Balaban J connectivity index is 0.00000499. The molecule has 0 spiro atoms. The maximum atomic E-state index is 14.1. The van der Waals surface area contributed by atoms with Gasteiger partial charge in [0.2, 0.25) is 0 Å². The Morgan fingerprint density at radius 1 is 0.767 bits per heavy atom. The van der Waals surface area contributed by atoms with Crippen molar-refractivity contribution in [1.29, 1.82) is 0 Å². The van der Waals surface area contributed by atoms with E-state index in [0.717, 1.165) is 76.0 Å². The molecule has 307 valence electrons. The molecular formula is C49H51N4O5SY-. The number of nitrogens with one attached hydrogen (secondary N) is 1. The van der Waals surface area contributed by atoms with Crippen molar-refractivity contribution in [3.63, 3.8) is 0 Å². The number of methoxy groups -OCH3 is 1. The quantitative estimate of drug-likeness (QED) is 0.0982. The van der Waals surface area contributed by atoms with E-state index in [1.807, 2.05) is 101 Å². The van der Waals surface area contributed by atoms with Gasteiger partial charge in [-0.15, -0.1) is 0 Å². The topological polar surface area (TPSA) is 83.6 Å². The second-order valence-corrected chi connectivity index (χ2v) is 17.7. The summed E-state index contributed by atoms with van der Waals surface area (Å²) in [5, 5.41) is 3.57. The van der Waals surface area contributed by atoms with Gasteiger partial charge in [-0.05, 0) is 114 Å². The molecule has 9 nitrogen and oxygen atoms in total. The van der Waals surface area contributed by atoms with E-state index in [1.54, 1.807) is 7.11 Å². The van der Waals surface area contributed by atoms with E-state index in [9.17, 15) is 9.59 Å². The summed E-state index contributed by atoms with van der Waals surface area (Å²) >= 11 is 1.97. The van der Waals surface area contributed by atoms with Crippen molar-refractivity contribution in [2.45, 2.75) is 65.3 Å². The Morgan fingerprint density at radius 3 is 2.13 bits per heavy atom. The van der Waals surface area contributed by atoms with Crippen LogP contribution in [0.25, 0.3) is 0 Å². The Kier molecular flexibility index (Phi) is 12.5. The molecule has 0 saturated carbocycles. The Bertz CT molecular complexity index is 2440. The first-order valence-electron chi connectivity index (χ1n) is 20.6. The van der Waals surface area contributed by atoms with Crippen LogP contribution in [0.1, 0.15) is 67.9 Å². The molecule has 0 aromatic heterocycles. The number of carbonyl (C=O) groups excluding carboxylic acids is 2. The van der Waals surface area contributed by atoms with Crippen LogP contribution in [-0.4, -0.2) is 56.1 Å². The van der Waals surface area contributed by atoms with E-state index < -0.39 is 0 Å². The summed E-state index contributed by atoms with van der Waals surface area (Å²) < 4.78 is 19.0. The molecule has 4 heterocycles. The molecule has 2 atom stereocenters. The minimum atomic E-state index is -0.0704. The summed E-state index contributed by atoms with van der Waals surface area (Å²) in [6.07, 6.45) is 2.54. The van der Waals surface area contributed by atoms with Crippen molar-refractivity contribution in [1.82, 2.24) is 0 Å². The van der Waals surface area contributed by atoms with Crippen molar-refractivity contribution >= 4 is 46.3 Å². The average Bonchev–Trinajstić information content (AvgIpc) is 3.73. The SMILES string of the molecule is COc1cc2c(cc1OCc1cc(CCSCC(C)C)cc(COc3cc4c(cc3C)C(=O)N3c5ccccc5C[C@H]3CN4)c1)N(C)[CH-][C@@H]1Cc3ccccc3N1C2=O.[Y]. The second-order valence-electron chi connectivity index (χ2n) is 16.5. The fourth-order valence-electron chi connectivity index (χ4n) is 8.95. The van der Waals surface area contributed by atoms with Gasteiger partial charge in [0.25, 0.3) is 11.8 Å². The predicted octanol–water partition coefficient (Wildman–Crippen LogP) is 9.27. The van der Waals surface area contributed by atoms with E-state index in [1.165, 1.54) is 16.7 Å². The first kappa shape index (κ1) is 42.2. The number of fused-ring (bicyclic) bond motifs is 8. The number of benzene rings is 5. The third kappa shape index (κ3) is 8.27. The first-order chi connectivity index (χ1) is 28.6. The Morgan fingerprint density at radius 2 is 1.42 bits per heavy atom. The molecule has 5 aromatic rings. The molecule has 0 aliphatic carbocycles. The fourth-order valence-corrected chi connectivity index (χ4v) is 9.97. The van der Waals surface area contributed by atoms with Crippen LogP contribution in [0, 0.1) is 19.4 Å². The number of nitrogens with zero attached hydrogens (tertiary/aromatic N) is 3. The summed E-state index contributed by atoms with van der Waals surface area (Å²) in [7, 11) is 3.60. The summed E-state index contributed by atoms with van der Waals surface area (Å²) in [5.41, 5.74) is 11.4. The van der Waals surface area contributed by atoms with Gasteiger partial charge >= 0.3 is 0 Å². The molecular weight excluding hydrogens is 846 g/mol. The molecule has 0 saturated heterocycles. The zero-order valence-corrected chi connectivity index (χ0v) is 38.6. The van der Waals surface area contributed by atoms with E-state index in [0.29, 0.717) is 48.3 Å². The molecule has 0 fully saturated rings. The standard InChI is InChI=1S/C49H51N4O5S.Y/c1-30(2)29-59-15-14-32-17-33(27-57-45-23-41-39(16-31(45)3)48(54)52-37(25-50-41)20-35-10-6-8-12-42(35)52)19-34(18-32)28-58-47-24-44-40(22-46(47)56-5)49(55)53-38(26-51(44)4)21-36-11-7-9-13-43(36)53;/h6-13,16-19,22-24,26,30,37-38,50H,14-15,20-21,25,27-29H2,1-5H3;/q-1;/t37-,38-;/m0./s1. The number of para-hydroxylation sites is 2. The Labute approximate surface area is 383 Å². The predicted molar refractivity (Wildman–Crippen MR) is 238 cm³/mol. The summed E-state index contributed by atoms with van der Waals surface area (Å²) in [6, 6.07) is 30.6. The number of hydrogen-bond donors (Lipinski definition) is 1. The molecule has 0 bridgehead atoms. The van der Waals surface area contributed by atoms with E-state index in [4.69, 9.17) is 14.2 Å². The number of aryl methyl sites for hydroxylation is 2. The van der Waals surface area contributed by atoms with Gasteiger partial charge < -0.3 is 34.2 Å². The second kappa shape index (κ2) is 17.8. The third-order valence-corrected chi connectivity index (χ3v) is 13.2. The third-order valence-electron chi connectivity index (χ3n) is 11.8. The van der Waals surface area contributed by atoms with Gasteiger partial charge in [-0.3, -0.25) is 9.59 Å². The normalized spacial score (nSPS) is 17.3. The molecule has 1 radical (unpaired) electrons. The van der Waals surface area contributed by atoms with Crippen molar-refractivity contribution in [3.8, 4) is 17.2 Å². The van der Waals surface area contributed by atoms with E-state index >= 15 is 0 Å². The number of ether oxygens (including phenoxy) is 3. The number of likely N-dealkylation sites (N-methyl/N-ethyl adjacent to an activating group) is 1. The number of hydrogen-bond acceptors (Lipinski definition) is 8. The molecule has 60 heavy (non-hydrogen) atoms. The summed E-state index contributed by atoms with van der Waals surface area (Å²) in [6.45, 7) is 9.97. The number of rotatable bonds is 12. The number of anilines is 4. The molecule has 5 aromatic carbocycles. The van der Waals surface area contributed by atoms with Crippen LogP contribution in [-0.2, 0) is 65.2 Å². The number of amides is 2. The van der Waals surface area contributed by atoms with Gasteiger partial charge in [0.15, 0.2) is 11.5 Å². The molecule has 4 aliphatic rings. The van der Waals surface area contributed by atoms with Gasteiger partial charge in [-0.2, -0.15) is 11.8 Å². The summed E-state index contributed by atoms with van der Waals surface area (Å²) in [4.78, 5) is 34.0. The van der Waals surface area contributed by atoms with Gasteiger partial charge in [0, 0.05) is 68.4 Å². The minimum absolute atomic E-state index is 0. The number of carbonyl (C=O) groups is 2. The van der Waals surface area contributed by atoms with E-state index in [2.05, 4.69) is 56.0 Å². The molecule has 1 N–H and O–H groups in total. The average molecular weight is 897 g/mol. The Hall–Kier alpha value is -4.51. The monoisotopic (exact) mass is 896 g/mol. The van der Waals surface area contributed by atoms with Crippen LogP contribution in [0.2, 0.25) is 0 Å². The molecule has 0 unspecified atom stereocenters. The van der Waals surface area contributed by atoms with Crippen LogP contribution in [0.3, 0.4) is 0 Å². The van der Waals surface area contributed by atoms with Crippen molar-refractivity contribution in [2.24, 2.45) is 5.92 Å². The molecule has 9 rings (SSSR count). The van der Waals surface area contributed by atoms with Crippen LogP contribution in [0.4, 0.5) is 22.7 Å². The van der Waals surface area contributed by atoms with Crippen molar-refractivity contribution in [3.05, 3.63) is 142 Å². The van der Waals surface area contributed by atoms with Gasteiger partial charge in [0.1, 0.15) is 19.0 Å². The van der Waals surface area contributed by atoms with Crippen LogP contribution >= 0.6 is 11.8 Å². The zero-order valence-electron chi connectivity index (χ0n) is 35.0. The van der Waals surface area contributed by atoms with Gasteiger partial charge in [0.05, 0.1) is 30.0 Å². The van der Waals surface area contributed by atoms with Crippen molar-refractivity contribution < 1.29 is 56.5 Å².